The first-order chi connectivity index (χ1) is 5.04. The van der Waals surface area contributed by atoms with E-state index in [1.54, 1.807) is 0 Å². The van der Waals surface area contributed by atoms with Gasteiger partial charge in [0, 0.05) is 6.54 Å². The summed E-state index contributed by atoms with van der Waals surface area (Å²) in [7, 11) is 3.90. The first-order valence-electron chi connectivity index (χ1n) is 4.02. The van der Waals surface area contributed by atoms with E-state index < -0.39 is 5.60 Å². The molecule has 2 N–H and O–H groups in total. The second-order valence-electron chi connectivity index (χ2n) is 3.29. The Kier molecular flexibility index (Phi) is 4.65. The zero-order chi connectivity index (χ0) is 8.91. The van der Waals surface area contributed by atoms with Crippen molar-refractivity contribution < 1.29 is 10.2 Å². The van der Waals surface area contributed by atoms with Gasteiger partial charge in [0.1, 0.15) is 0 Å². The number of aliphatic hydroxyl groups is 2. The van der Waals surface area contributed by atoms with Crippen LogP contribution in [0.3, 0.4) is 0 Å². The Morgan fingerprint density at radius 2 is 1.91 bits per heavy atom. The molecule has 68 valence electrons. The number of nitrogens with zero attached hydrogens (tertiary/aromatic N) is 1. The Morgan fingerprint density at radius 3 is 2.18 bits per heavy atom. The molecule has 0 aliphatic carbocycles. The van der Waals surface area contributed by atoms with E-state index in [1.165, 1.54) is 0 Å². The fraction of sp³-hybridized carbons (Fsp3) is 1.00. The predicted molar refractivity (Wildman–Crippen MR) is 45.5 cm³/mol. The molecule has 0 aromatic carbocycles. The molecule has 0 amide bonds. The van der Waals surface area contributed by atoms with Gasteiger partial charge in [-0.2, -0.15) is 0 Å². The van der Waals surface area contributed by atoms with Gasteiger partial charge < -0.3 is 15.1 Å². The van der Waals surface area contributed by atoms with Crippen LogP contribution >= 0.6 is 0 Å². The molecule has 0 spiro atoms. The summed E-state index contributed by atoms with van der Waals surface area (Å²) in [6.07, 6.45) is 1.24. The summed E-state index contributed by atoms with van der Waals surface area (Å²) in [4.78, 5) is 2.00. The molecule has 0 saturated heterocycles. The highest BCUT2D eigenvalue weighted by molar-refractivity contribution is 4.76. The van der Waals surface area contributed by atoms with Gasteiger partial charge in [-0.05, 0) is 26.9 Å². The molecule has 0 rings (SSSR count). The third-order valence-electron chi connectivity index (χ3n) is 1.98. The quantitative estimate of drug-likeness (QED) is 0.600. The van der Waals surface area contributed by atoms with Crippen molar-refractivity contribution in [3.63, 3.8) is 0 Å². The van der Waals surface area contributed by atoms with Crippen LogP contribution < -0.4 is 0 Å². The molecule has 0 aromatic heterocycles. The molecule has 0 aliphatic rings. The van der Waals surface area contributed by atoms with E-state index in [-0.39, 0.29) is 6.61 Å². The minimum absolute atomic E-state index is 0.142. The molecule has 0 radical (unpaired) electrons. The lowest BCUT2D eigenvalue weighted by molar-refractivity contribution is -0.0280. The molecule has 1 unspecified atom stereocenters. The summed E-state index contributed by atoms with van der Waals surface area (Å²) < 4.78 is 0. The molecule has 11 heavy (non-hydrogen) atoms. The summed E-state index contributed by atoms with van der Waals surface area (Å²) in [6, 6.07) is 0. The second kappa shape index (κ2) is 4.70. The van der Waals surface area contributed by atoms with E-state index in [0.717, 1.165) is 6.54 Å². The Balaban J connectivity index is 3.69. The standard InChI is InChI=1S/C8H19NO2/c1-4-8(11,7-10)5-6-9(2)3/h10-11H,4-7H2,1-3H3. The van der Waals surface area contributed by atoms with Gasteiger partial charge in [-0.25, -0.2) is 0 Å². The first kappa shape index (κ1) is 10.9. The zero-order valence-electron chi connectivity index (χ0n) is 7.67. The van der Waals surface area contributed by atoms with E-state index in [1.807, 2.05) is 25.9 Å². The summed E-state index contributed by atoms with van der Waals surface area (Å²) in [5, 5.41) is 18.4. The fourth-order valence-electron chi connectivity index (χ4n) is 0.799. The highest BCUT2D eigenvalue weighted by Gasteiger charge is 2.22. The maximum Gasteiger partial charge on any atom is 0.0886 e. The summed E-state index contributed by atoms with van der Waals surface area (Å²) >= 11 is 0. The maximum atomic E-state index is 9.60. The van der Waals surface area contributed by atoms with Crippen LogP contribution in [0.1, 0.15) is 19.8 Å². The average molecular weight is 161 g/mol. The summed E-state index contributed by atoms with van der Waals surface area (Å²) in [6.45, 7) is 2.55. The zero-order valence-corrected chi connectivity index (χ0v) is 7.67. The summed E-state index contributed by atoms with van der Waals surface area (Å²) in [5.74, 6) is 0. The Hall–Kier alpha value is -0.120. The highest BCUT2D eigenvalue weighted by atomic mass is 16.3. The molecule has 3 nitrogen and oxygen atoms in total. The Labute approximate surface area is 68.6 Å². The molecule has 1 atom stereocenters. The van der Waals surface area contributed by atoms with Gasteiger partial charge >= 0.3 is 0 Å². The van der Waals surface area contributed by atoms with E-state index in [9.17, 15) is 5.11 Å². The first-order valence-corrected chi connectivity index (χ1v) is 4.02. The van der Waals surface area contributed by atoms with Crippen molar-refractivity contribution in [1.29, 1.82) is 0 Å². The van der Waals surface area contributed by atoms with Gasteiger partial charge in [0.2, 0.25) is 0 Å². The van der Waals surface area contributed by atoms with Gasteiger partial charge in [-0.1, -0.05) is 6.92 Å². The van der Waals surface area contributed by atoms with Crippen LogP contribution in [0.4, 0.5) is 0 Å². The lowest BCUT2D eigenvalue weighted by Gasteiger charge is -2.25. The SMILES string of the molecule is CCC(O)(CO)CCN(C)C. The number of hydrogen-bond acceptors (Lipinski definition) is 3. The topological polar surface area (TPSA) is 43.7 Å². The Bertz CT molecular complexity index is 100. The van der Waals surface area contributed by atoms with Crippen molar-refractivity contribution in [3.8, 4) is 0 Å². The molecular formula is C8H19NO2. The smallest absolute Gasteiger partial charge is 0.0886 e. The van der Waals surface area contributed by atoms with Crippen molar-refractivity contribution in [2.45, 2.75) is 25.4 Å². The predicted octanol–water partition coefficient (Wildman–Crippen LogP) is 0.0715. The van der Waals surface area contributed by atoms with E-state index in [4.69, 9.17) is 5.11 Å². The number of aliphatic hydroxyl groups excluding tert-OH is 1. The van der Waals surface area contributed by atoms with Crippen LogP contribution in [-0.4, -0.2) is 48.0 Å². The minimum Gasteiger partial charge on any atom is -0.393 e. The highest BCUT2D eigenvalue weighted by Crippen LogP contribution is 2.13. The molecular weight excluding hydrogens is 142 g/mol. The monoisotopic (exact) mass is 161 g/mol. The molecule has 0 fully saturated rings. The Morgan fingerprint density at radius 1 is 1.36 bits per heavy atom. The van der Waals surface area contributed by atoms with Crippen molar-refractivity contribution >= 4 is 0 Å². The van der Waals surface area contributed by atoms with E-state index in [0.29, 0.717) is 12.8 Å². The van der Waals surface area contributed by atoms with Crippen molar-refractivity contribution in [2.75, 3.05) is 27.2 Å². The van der Waals surface area contributed by atoms with Crippen LogP contribution in [0.5, 0.6) is 0 Å². The van der Waals surface area contributed by atoms with Crippen molar-refractivity contribution in [1.82, 2.24) is 4.90 Å². The van der Waals surface area contributed by atoms with Crippen LogP contribution in [0, 0.1) is 0 Å². The van der Waals surface area contributed by atoms with E-state index >= 15 is 0 Å². The molecule has 0 aromatic rings. The van der Waals surface area contributed by atoms with Crippen LogP contribution in [0.15, 0.2) is 0 Å². The number of rotatable bonds is 5. The van der Waals surface area contributed by atoms with Gasteiger partial charge in [-0.15, -0.1) is 0 Å². The lowest BCUT2D eigenvalue weighted by atomic mass is 9.98. The molecule has 0 heterocycles. The maximum absolute atomic E-state index is 9.60. The van der Waals surface area contributed by atoms with Gasteiger partial charge in [-0.3, -0.25) is 0 Å². The lowest BCUT2D eigenvalue weighted by Crippen LogP contribution is -2.35. The second-order valence-corrected chi connectivity index (χ2v) is 3.29. The van der Waals surface area contributed by atoms with Gasteiger partial charge in [0.25, 0.3) is 0 Å². The fourth-order valence-corrected chi connectivity index (χ4v) is 0.799. The van der Waals surface area contributed by atoms with Gasteiger partial charge in [0.15, 0.2) is 0 Å². The van der Waals surface area contributed by atoms with Crippen LogP contribution in [-0.2, 0) is 0 Å². The molecule has 0 saturated carbocycles. The summed E-state index contributed by atoms with van der Waals surface area (Å²) in [5.41, 5.74) is -0.871. The molecule has 3 heteroatoms. The average Bonchev–Trinajstić information content (AvgIpc) is 2.00. The van der Waals surface area contributed by atoms with Crippen molar-refractivity contribution in [3.05, 3.63) is 0 Å². The molecule has 0 aliphatic heterocycles. The van der Waals surface area contributed by atoms with Gasteiger partial charge in [0.05, 0.1) is 12.2 Å². The third kappa shape index (κ3) is 4.35. The largest absolute Gasteiger partial charge is 0.393 e. The minimum atomic E-state index is -0.871. The normalized spacial score (nSPS) is 16.9. The third-order valence-corrected chi connectivity index (χ3v) is 1.98. The van der Waals surface area contributed by atoms with Crippen LogP contribution in [0.25, 0.3) is 0 Å². The molecule has 0 bridgehead atoms. The van der Waals surface area contributed by atoms with E-state index in [2.05, 4.69) is 0 Å². The number of hydrogen-bond donors (Lipinski definition) is 2. The van der Waals surface area contributed by atoms with Crippen LogP contribution in [0.2, 0.25) is 0 Å². The van der Waals surface area contributed by atoms with Crippen molar-refractivity contribution in [2.24, 2.45) is 0 Å².